The first-order chi connectivity index (χ1) is 8.99. The van der Waals surface area contributed by atoms with Gasteiger partial charge in [-0.1, -0.05) is 6.07 Å². The first-order valence-corrected chi connectivity index (χ1v) is 6.42. The molecule has 1 saturated heterocycles. The largest absolute Gasteiger partial charge is 0.393 e. The SMILES string of the molecule is NCc1ccc(CN2CCCC(C(F)(F)F)C2)nc1. The van der Waals surface area contributed by atoms with E-state index in [2.05, 4.69) is 4.98 Å². The summed E-state index contributed by atoms with van der Waals surface area (Å²) in [5.41, 5.74) is 7.19. The highest BCUT2D eigenvalue weighted by molar-refractivity contribution is 5.13. The molecule has 6 heteroatoms. The van der Waals surface area contributed by atoms with E-state index in [4.69, 9.17) is 5.73 Å². The van der Waals surface area contributed by atoms with Gasteiger partial charge < -0.3 is 5.73 Å². The molecule has 1 aromatic rings. The highest BCUT2D eigenvalue weighted by atomic mass is 19.4. The maximum Gasteiger partial charge on any atom is 0.393 e. The zero-order valence-electron chi connectivity index (χ0n) is 10.7. The summed E-state index contributed by atoms with van der Waals surface area (Å²) in [6, 6.07) is 3.70. The summed E-state index contributed by atoms with van der Waals surface area (Å²) in [5.74, 6) is -1.20. The molecule has 1 aliphatic rings. The molecule has 0 radical (unpaired) electrons. The Labute approximate surface area is 110 Å². The lowest BCUT2D eigenvalue weighted by molar-refractivity contribution is -0.187. The Bertz CT molecular complexity index is 403. The van der Waals surface area contributed by atoms with Crippen LogP contribution >= 0.6 is 0 Å². The van der Waals surface area contributed by atoms with E-state index in [1.165, 1.54) is 0 Å². The number of aromatic nitrogens is 1. The number of hydrogen-bond acceptors (Lipinski definition) is 3. The van der Waals surface area contributed by atoms with Gasteiger partial charge in [-0.05, 0) is 31.0 Å². The average molecular weight is 273 g/mol. The van der Waals surface area contributed by atoms with E-state index in [9.17, 15) is 13.2 Å². The molecule has 0 aliphatic carbocycles. The molecule has 0 spiro atoms. The number of pyridine rings is 1. The Morgan fingerprint density at radius 3 is 2.74 bits per heavy atom. The molecule has 1 atom stereocenters. The van der Waals surface area contributed by atoms with Gasteiger partial charge in [-0.2, -0.15) is 13.2 Å². The molecule has 1 aliphatic heterocycles. The van der Waals surface area contributed by atoms with Gasteiger partial charge in [0, 0.05) is 25.8 Å². The summed E-state index contributed by atoms with van der Waals surface area (Å²) in [7, 11) is 0. The van der Waals surface area contributed by atoms with Crippen LogP contribution in [0.15, 0.2) is 18.3 Å². The van der Waals surface area contributed by atoms with Gasteiger partial charge in [0.1, 0.15) is 0 Å². The van der Waals surface area contributed by atoms with Crippen LogP contribution in [0.2, 0.25) is 0 Å². The van der Waals surface area contributed by atoms with Crippen LogP contribution in [0.1, 0.15) is 24.1 Å². The van der Waals surface area contributed by atoms with Crippen LogP contribution in [0.4, 0.5) is 13.2 Å². The second kappa shape index (κ2) is 5.88. The number of halogens is 3. The Hall–Kier alpha value is -1.14. The number of piperidine rings is 1. The van der Waals surface area contributed by atoms with Crippen LogP contribution in [0, 0.1) is 5.92 Å². The molecule has 0 amide bonds. The van der Waals surface area contributed by atoms with Crippen LogP contribution in [0.3, 0.4) is 0 Å². The minimum absolute atomic E-state index is 0.0732. The number of hydrogen-bond donors (Lipinski definition) is 1. The zero-order chi connectivity index (χ0) is 13.9. The van der Waals surface area contributed by atoms with Crippen molar-refractivity contribution < 1.29 is 13.2 Å². The monoisotopic (exact) mass is 273 g/mol. The van der Waals surface area contributed by atoms with Crippen molar-refractivity contribution in [2.45, 2.75) is 32.1 Å². The molecular weight excluding hydrogens is 255 g/mol. The van der Waals surface area contributed by atoms with Gasteiger partial charge in [0.25, 0.3) is 0 Å². The number of nitrogens with zero attached hydrogens (tertiary/aromatic N) is 2. The molecule has 106 valence electrons. The van der Waals surface area contributed by atoms with E-state index in [1.807, 2.05) is 17.0 Å². The minimum atomic E-state index is -4.09. The fraction of sp³-hybridized carbons (Fsp3) is 0.615. The molecule has 3 nitrogen and oxygen atoms in total. The number of alkyl halides is 3. The van der Waals surface area contributed by atoms with Gasteiger partial charge in [0.05, 0.1) is 11.6 Å². The molecule has 1 unspecified atom stereocenters. The smallest absolute Gasteiger partial charge is 0.326 e. The number of rotatable bonds is 3. The molecule has 2 N–H and O–H groups in total. The van der Waals surface area contributed by atoms with E-state index in [1.54, 1.807) is 6.20 Å². The Morgan fingerprint density at radius 2 is 2.16 bits per heavy atom. The van der Waals surface area contributed by atoms with Crippen molar-refractivity contribution in [3.05, 3.63) is 29.6 Å². The summed E-state index contributed by atoms with van der Waals surface area (Å²) < 4.78 is 38.1. The minimum Gasteiger partial charge on any atom is -0.326 e. The van der Waals surface area contributed by atoms with Crippen molar-refractivity contribution in [1.82, 2.24) is 9.88 Å². The Morgan fingerprint density at radius 1 is 1.37 bits per heavy atom. The standard InChI is InChI=1S/C13H18F3N3/c14-13(15,16)11-2-1-5-19(8-11)9-12-4-3-10(6-17)7-18-12/h3-4,7,11H,1-2,5-6,8-9,17H2. The fourth-order valence-electron chi connectivity index (χ4n) is 2.36. The summed E-state index contributed by atoms with van der Waals surface area (Å²) in [4.78, 5) is 6.05. The molecule has 0 aromatic carbocycles. The second-order valence-corrected chi connectivity index (χ2v) is 4.98. The van der Waals surface area contributed by atoms with Gasteiger partial charge in [-0.25, -0.2) is 0 Å². The third kappa shape index (κ3) is 3.91. The lowest BCUT2D eigenvalue weighted by Gasteiger charge is -2.33. The lowest BCUT2D eigenvalue weighted by Crippen LogP contribution is -2.41. The van der Waals surface area contributed by atoms with Crippen molar-refractivity contribution in [2.24, 2.45) is 11.7 Å². The zero-order valence-corrected chi connectivity index (χ0v) is 10.7. The molecule has 0 bridgehead atoms. The average Bonchev–Trinajstić information content (AvgIpc) is 2.39. The molecular formula is C13H18F3N3. The van der Waals surface area contributed by atoms with Crippen molar-refractivity contribution in [2.75, 3.05) is 13.1 Å². The van der Waals surface area contributed by atoms with Gasteiger partial charge in [0.2, 0.25) is 0 Å². The van der Waals surface area contributed by atoms with E-state index in [-0.39, 0.29) is 13.0 Å². The third-order valence-electron chi connectivity index (χ3n) is 3.48. The fourth-order valence-corrected chi connectivity index (χ4v) is 2.36. The molecule has 2 heterocycles. The molecule has 1 fully saturated rings. The highest BCUT2D eigenvalue weighted by Gasteiger charge is 2.41. The van der Waals surface area contributed by atoms with Crippen LogP contribution in [0.5, 0.6) is 0 Å². The highest BCUT2D eigenvalue weighted by Crippen LogP contribution is 2.33. The van der Waals surface area contributed by atoms with E-state index in [0.717, 1.165) is 11.3 Å². The molecule has 19 heavy (non-hydrogen) atoms. The summed E-state index contributed by atoms with van der Waals surface area (Å²) >= 11 is 0. The van der Waals surface area contributed by atoms with E-state index < -0.39 is 12.1 Å². The van der Waals surface area contributed by atoms with Crippen molar-refractivity contribution in [1.29, 1.82) is 0 Å². The van der Waals surface area contributed by atoms with Gasteiger partial charge in [0.15, 0.2) is 0 Å². The summed E-state index contributed by atoms with van der Waals surface area (Å²) in [5, 5.41) is 0. The first-order valence-electron chi connectivity index (χ1n) is 6.42. The van der Waals surface area contributed by atoms with Crippen molar-refractivity contribution >= 4 is 0 Å². The maximum absolute atomic E-state index is 12.7. The molecule has 0 saturated carbocycles. The maximum atomic E-state index is 12.7. The van der Waals surface area contributed by atoms with Crippen molar-refractivity contribution in [3.8, 4) is 0 Å². The first kappa shape index (κ1) is 14.3. The van der Waals surface area contributed by atoms with Crippen LogP contribution in [-0.4, -0.2) is 29.1 Å². The van der Waals surface area contributed by atoms with E-state index >= 15 is 0 Å². The van der Waals surface area contributed by atoms with Gasteiger partial charge in [-0.3, -0.25) is 9.88 Å². The predicted molar refractivity (Wildman–Crippen MR) is 66.2 cm³/mol. The normalized spacial score (nSPS) is 21.6. The lowest BCUT2D eigenvalue weighted by atomic mass is 9.97. The summed E-state index contributed by atoms with van der Waals surface area (Å²) in [6.45, 7) is 1.67. The van der Waals surface area contributed by atoms with Crippen molar-refractivity contribution in [3.63, 3.8) is 0 Å². The van der Waals surface area contributed by atoms with Gasteiger partial charge in [-0.15, -0.1) is 0 Å². The second-order valence-electron chi connectivity index (χ2n) is 4.98. The van der Waals surface area contributed by atoms with Crippen LogP contribution < -0.4 is 5.73 Å². The molecule has 2 rings (SSSR count). The number of likely N-dealkylation sites (tertiary alicyclic amines) is 1. The van der Waals surface area contributed by atoms with Crippen LogP contribution in [-0.2, 0) is 13.1 Å². The Balaban J connectivity index is 1.94. The third-order valence-corrected chi connectivity index (χ3v) is 3.48. The van der Waals surface area contributed by atoms with E-state index in [0.29, 0.717) is 26.1 Å². The predicted octanol–water partition coefficient (Wildman–Crippen LogP) is 2.31. The summed E-state index contributed by atoms with van der Waals surface area (Å²) in [6.07, 6.45) is -1.58. The molecule has 1 aromatic heterocycles. The topological polar surface area (TPSA) is 42.1 Å². The van der Waals surface area contributed by atoms with Crippen LogP contribution in [0.25, 0.3) is 0 Å². The number of nitrogens with two attached hydrogens (primary N) is 1. The quantitative estimate of drug-likeness (QED) is 0.919. The Kier molecular flexibility index (Phi) is 4.42. The van der Waals surface area contributed by atoms with Gasteiger partial charge >= 0.3 is 6.18 Å².